The fourth-order valence-corrected chi connectivity index (χ4v) is 1.52. The topological polar surface area (TPSA) is 38.7 Å². The largest absolute Gasteiger partial charge is 0.497 e. The molecule has 1 aromatic rings. The fraction of sp³-hybridized carbons (Fsp3) is 0.467. The van der Waals surface area contributed by atoms with Gasteiger partial charge in [0, 0.05) is 0 Å². The number of hydrogen-bond acceptors (Lipinski definition) is 3. The normalized spacial score (nSPS) is 12.8. The molecule has 0 saturated carbocycles. The summed E-state index contributed by atoms with van der Waals surface area (Å²) in [5.74, 6) is 0.837. The molecule has 3 nitrogen and oxygen atoms in total. The highest BCUT2D eigenvalue weighted by atomic mass is 16.5. The lowest BCUT2D eigenvalue weighted by molar-refractivity contribution is 0.0301. The van der Waals surface area contributed by atoms with Crippen LogP contribution in [0.15, 0.2) is 36.4 Å². The average Bonchev–Trinajstić information content (AvgIpc) is 2.40. The van der Waals surface area contributed by atoms with Gasteiger partial charge in [0.25, 0.3) is 0 Å². The summed E-state index contributed by atoms with van der Waals surface area (Å²) in [5.41, 5.74) is 1.08. The van der Waals surface area contributed by atoms with E-state index in [0.717, 1.165) is 17.7 Å². The van der Waals surface area contributed by atoms with Crippen LogP contribution in [0.25, 0.3) is 0 Å². The first kappa shape index (κ1) is 14.7. The molecule has 0 radical (unpaired) electrons. The zero-order valence-corrected chi connectivity index (χ0v) is 11.1. The van der Waals surface area contributed by atoms with E-state index in [2.05, 4.69) is 6.92 Å². The third-order valence-electron chi connectivity index (χ3n) is 2.55. The monoisotopic (exact) mass is 250 g/mol. The van der Waals surface area contributed by atoms with E-state index in [-0.39, 0.29) is 0 Å². The Hall–Kier alpha value is -1.32. The molecule has 0 spiro atoms. The van der Waals surface area contributed by atoms with Crippen LogP contribution >= 0.6 is 0 Å². The van der Waals surface area contributed by atoms with Gasteiger partial charge in [-0.1, -0.05) is 31.2 Å². The van der Waals surface area contributed by atoms with Crippen molar-refractivity contribution < 1.29 is 14.6 Å². The summed E-state index contributed by atoms with van der Waals surface area (Å²) in [6.07, 6.45) is 5.26. The highest BCUT2D eigenvalue weighted by Gasteiger charge is 2.02. The van der Waals surface area contributed by atoms with Crippen molar-refractivity contribution in [3.63, 3.8) is 0 Å². The first-order chi connectivity index (χ1) is 8.76. The summed E-state index contributed by atoms with van der Waals surface area (Å²) in [6.45, 7) is 2.95. The third kappa shape index (κ3) is 5.84. The van der Waals surface area contributed by atoms with E-state index in [1.54, 1.807) is 7.11 Å². The maximum atomic E-state index is 9.64. The lowest BCUT2D eigenvalue weighted by Crippen LogP contribution is -2.14. The molecule has 0 aliphatic carbocycles. The maximum absolute atomic E-state index is 9.64. The Kier molecular flexibility index (Phi) is 7.14. The standard InChI is InChI=1S/C15H22O3/c1-3-4-5-6-14(16)12-18-11-13-7-9-15(17-2)10-8-13/h4-5,7-10,14,16H,3,6,11-12H2,1-2H3/b5-4-/t14-/m1/s1. The molecule has 0 aliphatic rings. The van der Waals surface area contributed by atoms with Gasteiger partial charge in [-0.2, -0.15) is 0 Å². The minimum absolute atomic E-state index is 0.361. The Morgan fingerprint density at radius 1 is 1.22 bits per heavy atom. The van der Waals surface area contributed by atoms with Crippen molar-refractivity contribution in [2.75, 3.05) is 13.7 Å². The molecule has 0 amide bonds. The lowest BCUT2D eigenvalue weighted by atomic mass is 10.2. The molecule has 18 heavy (non-hydrogen) atoms. The second-order valence-electron chi connectivity index (χ2n) is 4.13. The molecule has 1 atom stereocenters. The summed E-state index contributed by atoms with van der Waals surface area (Å²) in [5, 5.41) is 9.64. The molecular formula is C15H22O3. The van der Waals surface area contributed by atoms with E-state index in [9.17, 15) is 5.11 Å². The molecule has 0 bridgehead atoms. The van der Waals surface area contributed by atoms with E-state index in [4.69, 9.17) is 9.47 Å². The van der Waals surface area contributed by atoms with Crippen LogP contribution in [0, 0.1) is 0 Å². The maximum Gasteiger partial charge on any atom is 0.118 e. The van der Waals surface area contributed by atoms with Gasteiger partial charge in [0.05, 0.1) is 26.4 Å². The van der Waals surface area contributed by atoms with Gasteiger partial charge < -0.3 is 14.6 Å². The van der Waals surface area contributed by atoms with Crippen molar-refractivity contribution in [2.24, 2.45) is 0 Å². The summed E-state index contributed by atoms with van der Waals surface area (Å²) in [7, 11) is 1.64. The van der Waals surface area contributed by atoms with Crippen molar-refractivity contribution in [2.45, 2.75) is 32.5 Å². The number of aliphatic hydroxyl groups excluding tert-OH is 1. The first-order valence-electron chi connectivity index (χ1n) is 6.30. The van der Waals surface area contributed by atoms with Gasteiger partial charge in [0.2, 0.25) is 0 Å². The van der Waals surface area contributed by atoms with E-state index in [0.29, 0.717) is 19.6 Å². The smallest absolute Gasteiger partial charge is 0.118 e. The number of rotatable bonds is 8. The second kappa shape index (κ2) is 8.72. The van der Waals surface area contributed by atoms with Crippen molar-refractivity contribution in [1.82, 2.24) is 0 Å². The van der Waals surface area contributed by atoms with Crippen molar-refractivity contribution >= 4 is 0 Å². The zero-order valence-electron chi connectivity index (χ0n) is 11.1. The number of methoxy groups -OCH3 is 1. The summed E-state index contributed by atoms with van der Waals surface area (Å²) >= 11 is 0. The summed E-state index contributed by atoms with van der Waals surface area (Å²) in [4.78, 5) is 0. The molecule has 1 aromatic carbocycles. The van der Waals surface area contributed by atoms with Crippen LogP contribution in [0.1, 0.15) is 25.3 Å². The number of allylic oxidation sites excluding steroid dienone is 1. The Morgan fingerprint density at radius 2 is 1.94 bits per heavy atom. The molecule has 3 heteroatoms. The number of ether oxygens (including phenoxy) is 2. The van der Waals surface area contributed by atoms with Crippen LogP contribution in [0.4, 0.5) is 0 Å². The molecule has 0 fully saturated rings. The van der Waals surface area contributed by atoms with Crippen LogP contribution < -0.4 is 4.74 Å². The molecule has 1 N–H and O–H groups in total. The summed E-state index contributed by atoms with van der Waals surface area (Å²) in [6, 6.07) is 7.72. The van der Waals surface area contributed by atoms with E-state index < -0.39 is 6.10 Å². The number of hydrogen-bond donors (Lipinski definition) is 1. The van der Waals surface area contributed by atoms with Crippen LogP contribution in [0.2, 0.25) is 0 Å². The van der Waals surface area contributed by atoms with Gasteiger partial charge in [-0.3, -0.25) is 0 Å². The number of aliphatic hydroxyl groups is 1. The predicted molar refractivity (Wildman–Crippen MR) is 72.7 cm³/mol. The van der Waals surface area contributed by atoms with Crippen molar-refractivity contribution in [3.8, 4) is 5.75 Å². The second-order valence-corrected chi connectivity index (χ2v) is 4.13. The van der Waals surface area contributed by atoms with E-state index in [1.165, 1.54) is 0 Å². The van der Waals surface area contributed by atoms with E-state index in [1.807, 2.05) is 36.4 Å². The molecule has 0 aromatic heterocycles. The van der Waals surface area contributed by atoms with Gasteiger partial charge in [0.15, 0.2) is 0 Å². The molecular weight excluding hydrogens is 228 g/mol. The number of benzene rings is 1. The van der Waals surface area contributed by atoms with Crippen LogP contribution in [0.5, 0.6) is 5.75 Å². The molecule has 1 rings (SSSR count). The zero-order chi connectivity index (χ0) is 13.2. The van der Waals surface area contributed by atoms with E-state index >= 15 is 0 Å². The molecule has 0 saturated heterocycles. The van der Waals surface area contributed by atoms with Crippen molar-refractivity contribution in [3.05, 3.63) is 42.0 Å². The quantitative estimate of drug-likeness (QED) is 0.721. The fourth-order valence-electron chi connectivity index (χ4n) is 1.52. The Balaban J connectivity index is 2.22. The average molecular weight is 250 g/mol. The van der Waals surface area contributed by atoms with Gasteiger partial charge in [0.1, 0.15) is 5.75 Å². The lowest BCUT2D eigenvalue weighted by Gasteiger charge is -2.09. The molecule has 100 valence electrons. The van der Waals surface area contributed by atoms with Gasteiger partial charge in [-0.05, 0) is 30.5 Å². The predicted octanol–water partition coefficient (Wildman–Crippen LogP) is 2.93. The van der Waals surface area contributed by atoms with Gasteiger partial charge >= 0.3 is 0 Å². The van der Waals surface area contributed by atoms with Crippen LogP contribution in [-0.4, -0.2) is 24.9 Å². The molecule has 0 unspecified atom stereocenters. The van der Waals surface area contributed by atoms with Gasteiger partial charge in [-0.25, -0.2) is 0 Å². The molecule has 0 heterocycles. The minimum Gasteiger partial charge on any atom is -0.497 e. The highest BCUT2D eigenvalue weighted by Crippen LogP contribution is 2.12. The third-order valence-corrected chi connectivity index (χ3v) is 2.55. The van der Waals surface area contributed by atoms with Crippen molar-refractivity contribution in [1.29, 1.82) is 0 Å². The highest BCUT2D eigenvalue weighted by molar-refractivity contribution is 5.26. The Morgan fingerprint density at radius 3 is 2.56 bits per heavy atom. The SMILES string of the molecule is CC/C=C\C[C@@H](O)COCc1ccc(OC)cc1. The Bertz CT molecular complexity index is 343. The first-order valence-corrected chi connectivity index (χ1v) is 6.30. The Labute approximate surface area is 109 Å². The minimum atomic E-state index is -0.425. The van der Waals surface area contributed by atoms with Crippen LogP contribution in [-0.2, 0) is 11.3 Å². The summed E-state index contributed by atoms with van der Waals surface area (Å²) < 4.78 is 10.5. The van der Waals surface area contributed by atoms with Gasteiger partial charge in [-0.15, -0.1) is 0 Å². The van der Waals surface area contributed by atoms with Crippen LogP contribution in [0.3, 0.4) is 0 Å². The molecule has 0 aliphatic heterocycles.